The van der Waals surface area contributed by atoms with Crippen LogP contribution in [0.5, 0.6) is 5.75 Å². The highest BCUT2D eigenvalue weighted by atomic mass is 32.2. The lowest BCUT2D eigenvalue weighted by molar-refractivity contribution is 0.102. The van der Waals surface area contributed by atoms with E-state index >= 15 is 0 Å². The highest BCUT2D eigenvalue weighted by molar-refractivity contribution is 7.92. The van der Waals surface area contributed by atoms with Crippen LogP contribution in [0.25, 0.3) is 0 Å². The Labute approximate surface area is 166 Å². The summed E-state index contributed by atoms with van der Waals surface area (Å²) in [6.45, 7) is 6.62. The van der Waals surface area contributed by atoms with Crippen LogP contribution in [0.2, 0.25) is 0 Å². The summed E-state index contributed by atoms with van der Waals surface area (Å²) in [6, 6.07) is 10.2. The molecule has 150 valence electrons. The van der Waals surface area contributed by atoms with Crippen LogP contribution in [0.15, 0.2) is 36.4 Å². The van der Waals surface area contributed by atoms with Crippen molar-refractivity contribution in [2.75, 3.05) is 22.4 Å². The van der Waals surface area contributed by atoms with Gasteiger partial charge in [0, 0.05) is 12.1 Å². The minimum Gasteiger partial charge on any atom is -0.506 e. The van der Waals surface area contributed by atoms with E-state index in [2.05, 4.69) is 26.1 Å². The largest absolute Gasteiger partial charge is 0.506 e. The smallest absolute Gasteiger partial charge is 0.255 e. The second-order valence-corrected chi connectivity index (χ2v) is 10.1. The molecule has 3 rings (SSSR count). The number of phenols is 1. The SMILES string of the molecule is CC(C)(C)c1ccc(O)c(NC(=O)c2ccc3c(c2)CCCN3S(C)(=O)=O)c1. The van der Waals surface area contributed by atoms with Gasteiger partial charge in [0.15, 0.2) is 0 Å². The Morgan fingerprint density at radius 1 is 1.14 bits per heavy atom. The van der Waals surface area contributed by atoms with Gasteiger partial charge in [-0.05, 0) is 59.7 Å². The van der Waals surface area contributed by atoms with Crippen molar-refractivity contribution in [1.82, 2.24) is 0 Å². The first kappa shape index (κ1) is 20.2. The molecule has 2 N–H and O–H groups in total. The van der Waals surface area contributed by atoms with E-state index in [4.69, 9.17) is 0 Å². The Balaban J connectivity index is 1.89. The summed E-state index contributed by atoms with van der Waals surface area (Å²) in [5.41, 5.74) is 3.12. The van der Waals surface area contributed by atoms with E-state index in [1.54, 1.807) is 30.3 Å². The average molecular weight is 403 g/mol. The van der Waals surface area contributed by atoms with Crippen molar-refractivity contribution in [3.63, 3.8) is 0 Å². The first-order chi connectivity index (χ1) is 13.0. The summed E-state index contributed by atoms with van der Waals surface area (Å²) >= 11 is 0. The van der Waals surface area contributed by atoms with Crippen molar-refractivity contribution in [1.29, 1.82) is 0 Å². The van der Waals surface area contributed by atoms with E-state index < -0.39 is 10.0 Å². The Bertz CT molecular complexity index is 1020. The average Bonchev–Trinajstić information content (AvgIpc) is 2.60. The maximum atomic E-state index is 12.7. The second-order valence-electron chi connectivity index (χ2n) is 8.22. The van der Waals surface area contributed by atoms with Gasteiger partial charge in [-0.3, -0.25) is 9.10 Å². The number of aryl methyl sites for hydroxylation is 1. The summed E-state index contributed by atoms with van der Waals surface area (Å²) < 4.78 is 25.3. The number of nitrogens with zero attached hydrogens (tertiary/aromatic N) is 1. The first-order valence-electron chi connectivity index (χ1n) is 9.22. The van der Waals surface area contributed by atoms with Crippen molar-refractivity contribution < 1.29 is 18.3 Å². The summed E-state index contributed by atoms with van der Waals surface area (Å²) in [4.78, 5) is 12.7. The molecule has 1 amide bonds. The molecular weight excluding hydrogens is 376 g/mol. The van der Waals surface area contributed by atoms with Gasteiger partial charge in [0.05, 0.1) is 17.6 Å². The number of hydrogen-bond acceptors (Lipinski definition) is 4. The quantitative estimate of drug-likeness (QED) is 0.767. The fourth-order valence-corrected chi connectivity index (χ4v) is 4.34. The highest BCUT2D eigenvalue weighted by Gasteiger charge is 2.25. The third kappa shape index (κ3) is 4.14. The molecule has 2 aromatic carbocycles. The van der Waals surface area contributed by atoms with Crippen LogP contribution in [0.3, 0.4) is 0 Å². The summed E-state index contributed by atoms with van der Waals surface area (Å²) in [6.07, 6.45) is 2.61. The minimum absolute atomic E-state index is 0.00237. The van der Waals surface area contributed by atoms with Gasteiger partial charge >= 0.3 is 0 Å². The standard InChI is InChI=1S/C21H26N2O4S/c1-21(2,3)16-8-10-19(24)17(13-16)22-20(25)15-7-9-18-14(12-15)6-5-11-23(18)28(4,26)27/h7-10,12-13,24H,5-6,11H2,1-4H3,(H,22,25). The zero-order valence-corrected chi connectivity index (χ0v) is 17.4. The number of carbonyl (C=O) groups is 1. The number of sulfonamides is 1. The highest BCUT2D eigenvalue weighted by Crippen LogP contribution is 2.32. The molecule has 0 atom stereocenters. The second kappa shape index (κ2) is 7.13. The maximum Gasteiger partial charge on any atom is 0.255 e. The van der Waals surface area contributed by atoms with E-state index in [0.29, 0.717) is 36.3 Å². The Hall–Kier alpha value is -2.54. The van der Waals surface area contributed by atoms with Crippen molar-refractivity contribution in [2.45, 2.75) is 39.0 Å². The zero-order chi connectivity index (χ0) is 20.7. The molecule has 0 spiro atoms. The monoisotopic (exact) mass is 402 g/mol. The molecule has 0 aliphatic carbocycles. The number of nitrogens with one attached hydrogen (secondary N) is 1. The number of carbonyl (C=O) groups excluding carboxylic acids is 1. The van der Waals surface area contributed by atoms with Crippen LogP contribution in [-0.2, 0) is 21.9 Å². The van der Waals surface area contributed by atoms with Crippen LogP contribution in [-0.4, -0.2) is 32.2 Å². The zero-order valence-electron chi connectivity index (χ0n) is 16.6. The van der Waals surface area contributed by atoms with Gasteiger partial charge < -0.3 is 10.4 Å². The molecule has 1 aliphatic rings. The number of aromatic hydroxyl groups is 1. The number of rotatable bonds is 3. The molecule has 0 radical (unpaired) electrons. The molecule has 6 nitrogen and oxygen atoms in total. The summed E-state index contributed by atoms with van der Waals surface area (Å²) in [7, 11) is -3.35. The van der Waals surface area contributed by atoms with E-state index in [1.165, 1.54) is 10.6 Å². The Morgan fingerprint density at radius 2 is 1.86 bits per heavy atom. The van der Waals surface area contributed by atoms with Gasteiger partial charge in [-0.1, -0.05) is 26.8 Å². The number of amides is 1. The molecular formula is C21H26N2O4S. The first-order valence-corrected chi connectivity index (χ1v) is 11.1. The molecule has 1 heterocycles. The van der Waals surface area contributed by atoms with E-state index in [-0.39, 0.29) is 17.1 Å². The number of benzene rings is 2. The van der Waals surface area contributed by atoms with Gasteiger partial charge in [0.25, 0.3) is 5.91 Å². The number of anilines is 2. The predicted molar refractivity (Wildman–Crippen MR) is 112 cm³/mol. The molecule has 1 aliphatic heterocycles. The molecule has 0 fully saturated rings. The van der Waals surface area contributed by atoms with Gasteiger partial charge in [-0.25, -0.2) is 8.42 Å². The lowest BCUT2D eigenvalue weighted by atomic mass is 9.87. The lowest BCUT2D eigenvalue weighted by Gasteiger charge is -2.29. The third-order valence-electron chi connectivity index (χ3n) is 4.93. The molecule has 0 aromatic heterocycles. The normalized spacial score (nSPS) is 14.5. The topological polar surface area (TPSA) is 86.7 Å². The summed E-state index contributed by atoms with van der Waals surface area (Å²) in [5, 5.41) is 12.9. The van der Waals surface area contributed by atoms with Crippen molar-refractivity contribution >= 4 is 27.3 Å². The van der Waals surface area contributed by atoms with Crippen LogP contribution >= 0.6 is 0 Å². The molecule has 2 aromatic rings. The van der Waals surface area contributed by atoms with Gasteiger partial charge in [0.1, 0.15) is 5.75 Å². The van der Waals surface area contributed by atoms with Crippen LogP contribution < -0.4 is 9.62 Å². The Kier molecular flexibility index (Phi) is 5.14. The fraction of sp³-hybridized carbons (Fsp3) is 0.381. The molecule has 0 bridgehead atoms. The molecule has 0 saturated carbocycles. The molecule has 0 saturated heterocycles. The van der Waals surface area contributed by atoms with Gasteiger partial charge in [-0.15, -0.1) is 0 Å². The fourth-order valence-electron chi connectivity index (χ4n) is 3.35. The van der Waals surface area contributed by atoms with Crippen molar-refractivity contribution in [2.24, 2.45) is 0 Å². The number of fused-ring (bicyclic) bond motifs is 1. The Morgan fingerprint density at radius 3 is 2.50 bits per heavy atom. The van der Waals surface area contributed by atoms with E-state index in [9.17, 15) is 18.3 Å². The summed E-state index contributed by atoms with van der Waals surface area (Å²) in [5.74, 6) is -0.344. The van der Waals surface area contributed by atoms with Gasteiger partial charge in [0.2, 0.25) is 10.0 Å². The van der Waals surface area contributed by atoms with Gasteiger partial charge in [-0.2, -0.15) is 0 Å². The molecule has 0 unspecified atom stereocenters. The number of hydrogen-bond donors (Lipinski definition) is 2. The van der Waals surface area contributed by atoms with Crippen LogP contribution in [0.1, 0.15) is 48.7 Å². The van der Waals surface area contributed by atoms with E-state index in [1.807, 2.05) is 6.07 Å². The van der Waals surface area contributed by atoms with Crippen LogP contribution in [0.4, 0.5) is 11.4 Å². The van der Waals surface area contributed by atoms with E-state index in [0.717, 1.165) is 11.1 Å². The van der Waals surface area contributed by atoms with Crippen molar-refractivity contribution in [3.8, 4) is 5.75 Å². The molecule has 7 heteroatoms. The number of phenolic OH excluding ortho intramolecular Hbond substituents is 1. The van der Waals surface area contributed by atoms with Crippen molar-refractivity contribution in [3.05, 3.63) is 53.1 Å². The lowest BCUT2D eigenvalue weighted by Crippen LogP contribution is -2.34. The van der Waals surface area contributed by atoms with Crippen LogP contribution in [0, 0.1) is 0 Å². The third-order valence-corrected chi connectivity index (χ3v) is 6.11. The maximum absolute atomic E-state index is 12.7. The minimum atomic E-state index is -3.35. The predicted octanol–water partition coefficient (Wildman–Crippen LogP) is 3.65. The molecule has 28 heavy (non-hydrogen) atoms.